The molecule has 1 aliphatic rings. The maximum atomic E-state index is 5.93. The molecule has 2 atom stereocenters. The van der Waals surface area contributed by atoms with E-state index in [9.17, 15) is 0 Å². The van der Waals surface area contributed by atoms with Crippen molar-refractivity contribution in [3.05, 3.63) is 0 Å². The van der Waals surface area contributed by atoms with Gasteiger partial charge in [-0.05, 0) is 0 Å². The van der Waals surface area contributed by atoms with E-state index < -0.39 is 13.3 Å². The molecule has 1 rings (SSSR count). The first-order valence-electron chi connectivity index (χ1n) is 6.39. The van der Waals surface area contributed by atoms with Crippen LogP contribution < -0.4 is 0 Å². The fourth-order valence-corrected chi connectivity index (χ4v) is 7.71. The predicted molar refractivity (Wildman–Crippen MR) is 71.7 cm³/mol. The number of ether oxygens (including phenoxy) is 2. The summed E-state index contributed by atoms with van der Waals surface area (Å²) in [5.74, 6) is 7.48. The van der Waals surface area contributed by atoms with Crippen molar-refractivity contribution in [1.29, 1.82) is 0 Å². The molecule has 96 valence electrons. The minimum atomic E-state index is -1.70. The summed E-state index contributed by atoms with van der Waals surface area (Å²) in [5, 5.41) is 0. The first kappa shape index (κ1) is 14.5. The fourth-order valence-electron chi connectivity index (χ4n) is 2.39. The monoisotopic (exact) mass is 290 g/mol. The van der Waals surface area contributed by atoms with Crippen LogP contribution in [0.5, 0.6) is 0 Å². The van der Waals surface area contributed by atoms with E-state index in [0.717, 1.165) is 24.6 Å². The van der Waals surface area contributed by atoms with E-state index in [0.29, 0.717) is 11.5 Å². The van der Waals surface area contributed by atoms with Crippen LogP contribution in [0.15, 0.2) is 0 Å². The van der Waals surface area contributed by atoms with Crippen LogP contribution in [0, 0.1) is 5.41 Å². The zero-order valence-corrected chi connectivity index (χ0v) is 13.9. The van der Waals surface area contributed by atoms with Crippen molar-refractivity contribution in [1.82, 2.24) is 0 Å². The van der Waals surface area contributed by atoms with Crippen LogP contribution in [0.3, 0.4) is 0 Å². The fraction of sp³-hybridized carbons (Fsp3) is 1.00. The van der Waals surface area contributed by atoms with Crippen LogP contribution in [-0.4, -0.2) is 39.2 Å². The summed E-state index contributed by atoms with van der Waals surface area (Å²) in [6, 6.07) is 0. The Balaban J connectivity index is 2.70. The molecule has 0 saturated carbocycles. The van der Waals surface area contributed by atoms with Crippen LogP contribution in [0.25, 0.3) is 0 Å². The van der Waals surface area contributed by atoms with E-state index in [2.05, 4.69) is 38.0 Å². The van der Waals surface area contributed by atoms with Crippen LogP contribution in [0.4, 0.5) is 0 Å². The van der Waals surface area contributed by atoms with Crippen molar-refractivity contribution < 1.29 is 9.47 Å². The zero-order valence-electron chi connectivity index (χ0n) is 11.8. The molecule has 2 nitrogen and oxygen atoms in total. The molecule has 0 aliphatic carbocycles. The summed E-state index contributed by atoms with van der Waals surface area (Å²) in [7, 11) is 0. The molecule has 3 heteroatoms. The summed E-state index contributed by atoms with van der Waals surface area (Å²) in [5.41, 5.74) is 0.393. The van der Waals surface area contributed by atoms with Gasteiger partial charge >= 0.3 is 103 Å². The van der Waals surface area contributed by atoms with E-state index in [1.807, 2.05) is 0 Å². The van der Waals surface area contributed by atoms with Crippen molar-refractivity contribution >= 4 is 13.3 Å². The van der Waals surface area contributed by atoms with Gasteiger partial charge in [-0.1, -0.05) is 0 Å². The second kappa shape index (κ2) is 5.40. The molecule has 0 aromatic rings. The molecule has 1 saturated heterocycles. The Bertz CT molecular complexity index is 209. The van der Waals surface area contributed by atoms with Crippen molar-refractivity contribution in [2.24, 2.45) is 5.41 Å². The summed E-state index contributed by atoms with van der Waals surface area (Å²) in [6.45, 7) is 9.36. The van der Waals surface area contributed by atoms with Crippen molar-refractivity contribution in [3.8, 4) is 0 Å². The van der Waals surface area contributed by atoms with E-state index >= 15 is 0 Å². The molecule has 1 fully saturated rings. The molecule has 16 heavy (non-hydrogen) atoms. The number of hydrogen-bond donors (Lipinski definition) is 0. The third-order valence-corrected chi connectivity index (χ3v) is 9.11. The SMILES string of the molecule is CC(C)(C)C[CH](C1COCCO1)[Ge]([CH3])([CH3])[CH3]. The molecule has 0 bridgehead atoms. The van der Waals surface area contributed by atoms with E-state index in [-0.39, 0.29) is 0 Å². The second-order valence-corrected chi connectivity index (χ2v) is 18.7. The van der Waals surface area contributed by atoms with Gasteiger partial charge in [0.25, 0.3) is 0 Å². The first-order chi connectivity index (χ1) is 7.20. The van der Waals surface area contributed by atoms with E-state index in [4.69, 9.17) is 9.47 Å². The van der Waals surface area contributed by atoms with Crippen molar-refractivity contribution in [3.63, 3.8) is 0 Å². The van der Waals surface area contributed by atoms with Crippen molar-refractivity contribution in [2.75, 3.05) is 19.8 Å². The van der Waals surface area contributed by atoms with Gasteiger partial charge in [0.1, 0.15) is 0 Å². The Morgan fingerprint density at radius 2 is 1.81 bits per heavy atom. The van der Waals surface area contributed by atoms with Crippen LogP contribution in [0.2, 0.25) is 22.0 Å². The molecule has 1 aliphatic heterocycles. The van der Waals surface area contributed by atoms with Crippen molar-refractivity contribution in [2.45, 2.75) is 55.3 Å². The minimum absolute atomic E-state index is 0.355. The maximum absolute atomic E-state index is 5.93. The van der Waals surface area contributed by atoms with Crippen LogP contribution in [0.1, 0.15) is 27.2 Å². The molecular formula is C13H28GeO2. The van der Waals surface area contributed by atoms with Gasteiger partial charge < -0.3 is 0 Å². The second-order valence-electron chi connectivity index (χ2n) is 7.22. The molecule has 0 radical (unpaired) electrons. The normalized spacial score (nSPS) is 25.5. The molecule has 1 heterocycles. The standard InChI is InChI=1S/C13H28GeO2/c1-13(2,3)9-11(14(4,5)6)12-10-15-7-8-16-12/h11-12H,7-10H2,1-6H3. The topological polar surface area (TPSA) is 18.5 Å². The van der Waals surface area contributed by atoms with Crippen LogP contribution in [-0.2, 0) is 9.47 Å². The number of hydrogen-bond acceptors (Lipinski definition) is 2. The zero-order chi connectivity index (χ0) is 12.4. The van der Waals surface area contributed by atoms with Crippen LogP contribution >= 0.6 is 0 Å². The van der Waals surface area contributed by atoms with Gasteiger partial charge in [0.15, 0.2) is 0 Å². The Morgan fingerprint density at radius 1 is 1.19 bits per heavy atom. The van der Waals surface area contributed by atoms with Gasteiger partial charge in [-0.15, -0.1) is 0 Å². The Labute approximate surface area is 103 Å². The summed E-state index contributed by atoms with van der Waals surface area (Å²) < 4.78 is 12.3. The summed E-state index contributed by atoms with van der Waals surface area (Å²) in [6.07, 6.45) is 1.62. The third kappa shape index (κ3) is 4.76. The molecule has 0 spiro atoms. The molecular weight excluding hydrogens is 261 g/mol. The van der Waals surface area contributed by atoms with Gasteiger partial charge in [0, 0.05) is 0 Å². The van der Waals surface area contributed by atoms with E-state index in [1.54, 1.807) is 0 Å². The van der Waals surface area contributed by atoms with Gasteiger partial charge in [0.05, 0.1) is 0 Å². The average Bonchev–Trinajstić information content (AvgIpc) is 2.13. The third-order valence-electron chi connectivity index (χ3n) is 3.24. The molecule has 2 unspecified atom stereocenters. The summed E-state index contributed by atoms with van der Waals surface area (Å²) in [4.78, 5) is 0. The molecule has 0 aromatic carbocycles. The Morgan fingerprint density at radius 3 is 2.19 bits per heavy atom. The number of rotatable bonds is 3. The Kier molecular flexibility index (Phi) is 4.91. The molecule has 0 N–H and O–H groups in total. The predicted octanol–water partition coefficient (Wildman–Crippen LogP) is 3.55. The van der Waals surface area contributed by atoms with Gasteiger partial charge in [0.2, 0.25) is 0 Å². The molecule has 0 aromatic heterocycles. The molecule has 0 amide bonds. The first-order valence-corrected chi connectivity index (χ1v) is 13.9. The summed E-state index contributed by atoms with van der Waals surface area (Å²) >= 11 is -1.70. The quantitative estimate of drug-likeness (QED) is 0.740. The van der Waals surface area contributed by atoms with Gasteiger partial charge in [-0.2, -0.15) is 0 Å². The van der Waals surface area contributed by atoms with Gasteiger partial charge in [-0.25, -0.2) is 0 Å². The van der Waals surface area contributed by atoms with Gasteiger partial charge in [-0.3, -0.25) is 0 Å². The van der Waals surface area contributed by atoms with E-state index in [1.165, 1.54) is 6.42 Å². The average molecular weight is 289 g/mol. The Hall–Kier alpha value is 0.463.